The number of terminal acetylenes is 1. The first-order chi connectivity index (χ1) is 8.20. The molecule has 94 valence electrons. The fourth-order valence-electron chi connectivity index (χ4n) is 1.72. The van der Waals surface area contributed by atoms with Crippen LogP contribution in [0.2, 0.25) is 0 Å². The van der Waals surface area contributed by atoms with E-state index in [-0.39, 0.29) is 0 Å². The normalized spacial score (nSPS) is 12.6. The van der Waals surface area contributed by atoms with Crippen molar-refractivity contribution in [2.75, 3.05) is 6.54 Å². The van der Waals surface area contributed by atoms with E-state index in [1.54, 1.807) is 0 Å². The Kier molecular flexibility index (Phi) is 6.17. The number of hydrogen-bond acceptors (Lipinski definition) is 4. The highest BCUT2D eigenvalue weighted by Gasteiger charge is 2.19. The van der Waals surface area contributed by atoms with Gasteiger partial charge in [-0.2, -0.15) is 0 Å². The molecule has 1 heterocycles. The van der Waals surface area contributed by atoms with Gasteiger partial charge in [0, 0.05) is 12.5 Å². The summed E-state index contributed by atoms with van der Waals surface area (Å²) in [7, 11) is 0. The average molecular weight is 251 g/mol. The van der Waals surface area contributed by atoms with Crippen LogP contribution in [0.25, 0.3) is 0 Å². The van der Waals surface area contributed by atoms with E-state index < -0.39 is 0 Å². The van der Waals surface area contributed by atoms with Crippen molar-refractivity contribution in [3.63, 3.8) is 0 Å². The molecule has 0 aliphatic heterocycles. The van der Waals surface area contributed by atoms with Crippen LogP contribution in [0.4, 0.5) is 0 Å². The molecule has 1 rings (SSSR count). The van der Waals surface area contributed by atoms with E-state index in [2.05, 4.69) is 41.6 Å². The van der Waals surface area contributed by atoms with Crippen LogP contribution in [0.15, 0.2) is 0 Å². The average Bonchev–Trinajstić information content (AvgIpc) is 2.78. The fraction of sp³-hybridized carbons (Fsp3) is 0.692. The van der Waals surface area contributed by atoms with Crippen LogP contribution in [0.5, 0.6) is 0 Å². The molecule has 0 spiro atoms. The van der Waals surface area contributed by atoms with Gasteiger partial charge in [-0.15, -0.1) is 17.4 Å². The standard InChI is InChI=1S/C13H21N3S/c1-5-7-8-11(14-9-6-2)13-12(10(3)4)15-16-17-13/h1,10-11,14H,6-9H2,2-4H3. The molecule has 1 atom stereocenters. The predicted octanol–water partition coefficient (Wildman–Crippen LogP) is 3.12. The zero-order valence-corrected chi connectivity index (χ0v) is 11.7. The van der Waals surface area contributed by atoms with Crippen LogP contribution < -0.4 is 5.32 Å². The van der Waals surface area contributed by atoms with E-state index in [0.717, 1.165) is 31.5 Å². The topological polar surface area (TPSA) is 37.8 Å². The number of rotatable bonds is 7. The molecule has 3 nitrogen and oxygen atoms in total. The predicted molar refractivity (Wildman–Crippen MR) is 73.1 cm³/mol. The van der Waals surface area contributed by atoms with Crippen molar-refractivity contribution in [2.24, 2.45) is 0 Å². The van der Waals surface area contributed by atoms with Crippen molar-refractivity contribution in [1.29, 1.82) is 0 Å². The van der Waals surface area contributed by atoms with Crippen molar-refractivity contribution < 1.29 is 0 Å². The lowest BCUT2D eigenvalue weighted by atomic mass is 10.0. The number of nitrogens with one attached hydrogen (secondary N) is 1. The number of nitrogens with zero attached hydrogens (tertiary/aromatic N) is 2. The highest BCUT2D eigenvalue weighted by molar-refractivity contribution is 7.05. The minimum absolute atomic E-state index is 0.309. The second kappa shape index (κ2) is 7.41. The minimum Gasteiger partial charge on any atom is -0.309 e. The van der Waals surface area contributed by atoms with Crippen molar-refractivity contribution in [1.82, 2.24) is 14.9 Å². The Morgan fingerprint density at radius 3 is 2.82 bits per heavy atom. The second-order valence-electron chi connectivity index (χ2n) is 4.43. The summed E-state index contributed by atoms with van der Waals surface area (Å²) in [5.41, 5.74) is 1.11. The van der Waals surface area contributed by atoms with Crippen LogP contribution in [-0.4, -0.2) is 16.1 Å². The van der Waals surface area contributed by atoms with Crippen LogP contribution in [-0.2, 0) is 0 Å². The SMILES string of the molecule is C#CCCC(NCCC)c1snnc1C(C)C. The third-order valence-electron chi connectivity index (χ3n) is 2.62. The van der Waals surface area contributed by atoms with Gasteiger partial charge in [-0.3, -0.25) is 0 Å². The molecule has 0 saturated carbocycles. The Bertz CT molecular complexity index is 365. The van der Waals surface area contributed by atoms with Crippen LogP contribution in [0.3, 0.4) is 0 Å². The van der Waals surface area contributed by atoms with Gasteiger partial charge in [0.25, 0.3) is 0 Å². The molecule has 0 aliphatic rings. The van der Waals surface area contributed by atoms with Gasteiger partial charge in [0.2, 0.25) is 0 Å². The van der Waals surface area contributed by atoms with Crippen molar-refractivity contribution in [3.05, 3.63) is 10.6 Å². The molecule has 1 unspecified atom stereocenters. The molecule has 0 saturated heterocycles. The zero-order chi connectivity index (χ0) is 12.7. The van der Waals surface area contributed by atoms with Gasteiger partial charge in [0.05, 0.1) is 10.6 Å². The molecule has 1 N–H and O–H groups in total. The summed E-state index contributed by atoms with van der Waals surface area (Å²) >= 11 is 1.49. The van der Waals surface area contributed by atoms with Gasteiger partial charge >= 0.3 is 0 Å². The molecule has 0 aliphatic carbocycles. The van der Waals surface area contributed by atoms with E-state index in [4.69, 9.17) is 6.42 Å². The third-order valence-corrected chi connectivity index (χ3v) is 3.48. The van der Waals surface area contributed by atoms with Gasteiger partial charge in [0.15, 0.2) is 0 Å². The number of hydrogen-bond donors (Lipinski definition) is 1. The Balaban J connectivity index is 2.80. The van der Waals surface area contributed by atoms with Gasteiger partial charge in [0.1, 0.15) is 0 Å². The zero-order valence-electron chi connectivity index (χ0n) is 10.9. The van der Waals surface area contributed by atoms with E-state index in [1.807, 2.05) is 0 Å². The Morgan fingerprint density at radius 1 is 1.47 bits per heavy atom. The molecule has 0 bridgehead atoms. The fourth-order valence-corrected chi connectivity index (χ4v) is 2.63. The van der Waals surface area contributed by atoms with Gasteiger partial charge in [-0.05, 0) is 36.8 Å². The third kappa shape index (κ3) is 4.10. The summed E-state index contributed by atoms with van der Waals surface area (Å²) in [6.07, 6.45) is 8.22. The Morgan fingerprint density at radius 2 is 2.24 bits per heavy atom. The maximum Gasteiger partial charge on any atom is 0.0829 e. The van der Waals surface area contributed by atoms with Gasteiger partial charge in [-0.25, -0.2) is 0 Å². The van der Waals surface area contributed by atoms with Gasteiger partial charge in [-0.1, -0.05) is 25.3 Å². The number of aromatic nitrogens is 2. The molecule has 0 radical (unpaired) electrons. The Hall–Kier alpha value is -0.920. The molecule has 17 heavy (non-hydrogen) atoms. The lowest BCUT2D eigenvalue weighted by Crippen LogP contribution is -2.22. The van der Waals surface area contributed by atoms with E-state index in [1.165, 1.54) is 16.4 Å². The lowest BCUT2D eigenvalue weighted by molar-refractivity contribution is 0.506. The molecule has 1 aromatic rings. The van der Waals surface area contributed by atoms with Crippen molar-refractivity contribution in [2.45, 2.75) is 52.0 Å². The Labute approximate surface area is 108 Å². The molecule has 0 amide bonds. The minimum atomic E-state index is 0.309. The molecule has 1 aromatic heterocycles. The maximum atomic E-state index is 5.35. The van der Waals surface area contributed by atoms with Crippen LogP contribution >= 0.6 is 11.5 Å². The largest absolute Gasteiger partial charge is 0.309 e. The van der Waals surface area contributed by atoms with Crippen molar-refractivity contribution >= 4 is 11.5 Å². The molecule has 4 heteroatoms. The summed E-state index contributed by atoms with van der Waals surface area (Å²) in [5, 5.41) is 7.77. The first-order valence-corrected chi connectivity index (χ1v) is 6.97. The first kappa shape index (κ1) is 14.1. The lowest BCUT2D eigenvalue weighted by Gasteiger charge is -2.17. The summed E-state index contributed by atoms with van der Waals surface area (Å²) < 4.78 is 4.08. The monoisotopic (exact) mass is 251 g/mol. The summed E-state index contributed by atoms with van der Waals surface area (Å²) in [5.74, 6) is 3.13. The molecule has 0 fully saturated rings. The quantitative estimate of drug-likeness (QED) is 0.757. The van der Waals surface area contributed by atoms with Gasteiger partial charge < -0.3 is 5.32 Å². The summed E-state index contributed by atoms with van der Waals surface area (Å²) in [6, 6.07) is 0.309. The summed E-state index contributed by atoms with van der Waals surface area (Å²) in [4.78, 5) is 1.25. The highest BCUT2D eigenvalue weighted by atomic mass is 32.1. The second-order valence-corrected chi connectivity index (χ2v) is 5.21. The summed E-state index contributed by atoms with van der Waals surface area (Å²) in [6.45, 7) is 7.47. The van der Waals surface area contributed by atoms with E-state index in [0.29, 0.717) is 12.0 Å². The highest BCUT2D eigenvalue weighted by Crippen LogP contribution is 2.28. The molecular formula is C13H21N3S. The molecular weight excluding hydrogens is 230 g/mol. The van der Waals surface area contributed by atoms with E-state index in [9.17, 15) is 0 Å². The van der Waals surface area contributed by atoms with Crippen LogP contribution in [0.1, 0.15) is 62.6 Å². The van der Waals surface area contributed by atoms with Crippen molar-refractivity contribution in [3.8, 4) is 12.3 Å². The maximum absolute atomic E-state index is 5.35. The molecule has 0 aromatic carbocycles. The smallest absolute Gasteiger partial charge is 0.0829 e. The van der Waals surface area contributed by atoms with Crippen LogP contribution in [0, 0.1) is 12.3 Å². The first-order valence-electron chi connectivity index (χ1n) is 6.19. The van der Waals surface area contributed by atoms with E-state index >= 15 is 0 Å².